The number of nitrogens with two attached hydrogens (primary N) is 1. The molecule has 0 fully saturated rings. The fraction of sp³-hybridized carbons (Fsp3) is 0.222. The van der Waals surface area contributed by atoms with Crippen molar-refractivity contribution in [3.05, 3.63) is 23.8 Å². The highest BCUT2D eigenvalue weighted by Crippen LogP contribution is 2.35. The number of para-hydroxylation sites is 1. The first-order valence-electron chi connectivity index (χ1n) is 4.24. The maximum Gasteiger partial charge on any atom is 0.427 e. The minimum Gasteiger partial charge on any atom is -0.489 e. The van der Waals surface area contributed by atoms with Crippen LogP contribution in [0, 0.1) is 0 Å². The molecule has 0 aliphatic carbocycles. The molecular weight excluding hydrogens is 184 g/mol. The molecule has 14 heavy (non-hydrogen) atoms. The smallest absolute Gasteiger partial charge is 0.427 e. The topological polar surface area (TPSA) is 73.6 Å². The largest absolute Gasteiger partial charge is 0.489 e. The van der Waals surface area contributed by atoms with Gasteiger partial charge in [0.25, 0.3) is 0 Å². The Labute approximate surface area is 80.8 Å². The van der Waals surface area contributed by atoms with Gasteiger partial charge in [-0.25, -0.2) is 10.6 Å². The SMILES string of the molecule is NNC(=O)Oc1cccc2c1OCC2. The molecule has 1 aromatic carbocycles. The standard InChI is InChI=1S/C9H10N2O3/c10-11-9(12)14-7-3-1-2-6-4-5-13-8(6)7/h1-3H,4-5,10H2,(H,11,12). The predicted octanol–water partition coefficient (Wildman–Crippen LogP) is 0.584. The van der Waals surface area contributed by atoms with Crippen LogP contribution in [0.15, 0.2) is 18.2 Å². The molecule has 0 unspecified atom stereocenters. The van der Waals surface area contributed by atoms with Crippen molar-refractivity contribution in [3.8, 4) is 11.5 Å². The summed E-state index contributed by atoms with van der Waals surface area (Å²) in [6.07, 6.45) is 0.144. The van der Waals surface area contributed by atoms with Gasteiger partial charge in [-0.15, -0.1) is 0 Å². The third-order valence-electron chi connectivity index (χ3n) is 2.00. The van der Waals surface area contributed by atoms with Crippen LogP contribution in [0.5, 0.6) is 11.5 Å². The highest BCUT2D eigenvalue weighted by Gasteiger charge is 2.18. The van der Waals surface area contributed by atoms with Gasteiger partial charge in [-0.1, -0.05) is 12.1 Å². The number of carbonyl (C=O) groups excluding carboxylic acids is 1. The van der Waals surface area contributed by atoms with E-state index in [2.05, 4.69) is 0 Å². The summed E-state index contributed by atoms with van der Waals surface area (Å²) in [5.74, 6) is 5.94. The molecule has 0 saturated heterocycles. The average molecular weight is 194 g/mol. The van der Waals surface area contributed by atoms with E-state index in [1.807, 2.05) is 17.6 Å². The van der Waals surface area contributed by atoms with Gasteiger partial charge in [-0.2, -0.15) is 0 Å². The molecule has 3 N–H and O–H groups in total. The number of hydrogen-bond acceptors (Lipinski definition) is 4. The van der Waals surface area contributed by atoms with E-state index in [1.165, 1.54) is 0 Å². The van der Waals surface area contributed by atoms with Gasteiger partial charge in [-0.05, 0) is 6.07 Å². The van der Waals surface area contributed by atoms with Crippen LogP contribution in [0.1, 0.15) is 5.56 Å². The quantitative estimate of drug-likeness (QED) is 0.389. The lowest BCUT2D eigenvalue weighted by Crippen LogP contribution is -2.32. The Morgan fingerprint density at radius 2 is 2.43 bits per heavy atom. The summed E-state index contributed by atoms with van der Waals surface area (Å²) in [7, 11) is 0. The van der Waals surface area contributed by atoms with Gasteiger partial charge >= 0.3 is 6.09 Å². The second-order valence-corrected chi connectivity index (χ2v) is 2.88. The lowest BCUT2D eigenvalue weighted by molar-refractivity contribution is 0.198. The fourth-order valence-corrected chi connectivity index (χ4v) is 1.39. The Morgan fingerprint density at radius 1 is 1.57 bits per heavy atom. The van der Waals surface area contributed by atoms with Crippen molar-refractivity contribution in [2.45, 2.75) is 6.42 Å². The second kappa shape index (κ2) is 3.55. The van der Waals surface area contributed by atoms with Crippen molar-refractivity contribution in [2.24, 2.45) is 5.84 Å². The van der Waals surface area contributed by atoms with E-state index in [-0.39, 0.29) is 0 Å². The summed E-state index contributed by atoms with van der Waals surface area (Å²) in [5, 5.41) is 0. The molecule has 0 saturated carbocycles. The van der Waals surface area contributed by atoms with Gasteiger partial charge in [0.05, 0.1) is 6.61 Å². The van der Waals surface area contributed by atoms with Crippen LogP contribution >= 0.6 is 0 Å². The predicted molar refractivity (Wildman–Crippen MR) is 49.0 cm³/mol. The molecule has 1 amide bonds. The van der Waals surface area contributed by atoms with Crippen LogP contribution in [-0.4, -0.2) is 12.7 Å². The Bertz CT molecular complexity index is 365. The van der Waals surface area contributed by atoms with Crippen molar-refractivity contribution < 1.29 is 14.3 Å². The minimum atomic E-state index is -0.700. The molecule has 0 bridgehead atoms. The van der Waals surface area contributed by atoms with Crippen molar-refractivity contribution >= 4 is 6.09 Å². The van der Waals surface area contributed by atoms with E-state index < -0.39 is 6.09 Å². The molecule has 2 rings (SSSR count). The zero-order valence-electron chi connectivity index (χ0n) is 7.45. The fourth-order valence-electron chi connectivity index (χ4n) is 1.39. The molecule has 5 heteroatoms. The van der Waals surface area contributed by atoms with Crippen molar-refractivity contribution in [1.29, 1.82) is 0 Å². The van der Waals surface area contributed by atoms with Crippen LogP contribution in [-0.2, 0) is 6.42 Å². The normalized spacial score (nSPS) is 12.9. The summed E-state index contributed by atoms with van der Waals surface area (Å²) in [6, 6.07) is 5.42. The first-order valence-corrected chi connectivity index (χ1v) is 4.24. The first kappa shape index (κ1) is 8.83. The third kappa shape index (κ3) is 1.49. The van der Waals surface area contributed by atoms with E-state index >= 15 is 0 Å². The Kier molecular flexibility index (Phi) is 2.24. The van der Waals surface area contributed by atoms with E-state index in [9.17, 15) is 4.79 Å². The summed E-state index contributed by atoms with van der Waals surface area (Å²) < 4.78 is 10.2. The van der Waals surface area contributed by atoms with Crippen molar-refractivity contribution in [2.75, 3.05) is 6.61 Å². The number of amides is 1. The van der Waals surface area contributed by atoms with Gasteiger partial charge < -0.3 is 9.47 Å². The number of ether oxygens (including phenoxy) is 2. The molecule has 74 valence electrons. The molecule has 1 aliphatic heterocycles. The Hall–Kier alpha value is -1.75. The van der Waals surface area contributed by atoms with Crippen molar-refractivity contribution in [1.82, 2.24) is 5.43 Å². The van der Waals surface area contributed by atoms with Gasteiger partial charge in [0.2, 0.25) is 0 Å². The molecule has 0 atom stereocenters. The van der Waals surface area contributed by atoms with Crippen LogP contribution in [0.3, 0.4) is 0 Å². The molecule has 5 nitrogen and oxygen atoms in total. The lowest BCUT2D eigenvalue weighted by atomic mass is 10.1. The number of rotatable bonds is 1. The Morgan fingerprint density at radius 3 is 3.21 bits per heavy atom. The molecule has 1 aliphatic rings. The van der Waals surface area contributed by atoms with Crippen LogP contribution in [0.2, 0.25) is 0 Å². The molecular formula is C9H10N2O3. The van der Waals surface area contributed by atoms with Crippen LogP contribution in [0.4, 0.5) is 4.79 Å². The Balaban J connectivity index is 2.26. The zero-order chi connectivity index (χ0) is 9.97. The van der Waals surface area contributed by atoms with Crippen molar-refractivity contribution in [3.63, 3.8) is 0 Å². The highest BCUT2D eigenvalue weighted by molar-refractivity contribution is 5.71. The van der Waals surface area contributed by atoms with Gasteiger partial charge in [0.15, 0.2) is 11.5 Å². The molecule has 1 heterocycles. The van der Waals surface area contributed by atoms with E-state index in [1.54, 1.807) is 6.07 Å². The number of nitrogens with one attached hydrogen (secondary N) is 1. The summed E-state index contributed by atoms with van der Waals surface area (Å²) in [5.41, 5.74) is 2.94. The summed E-state index contributed by atoms with van der Waals surface area (Å²) >= 11 is 0. The minimum absolute atomic E-state index is 0.406. The molecule has 0 spiro atoms. The number of benzene rings is 1. The third-order valence-corrected chi connectivity index (χ3v) is 2.00. The number of hydrazine groups is 1. The second-order valence-electron chi connectivity index (χ2n) is 2.88. The van der Waals surface area contributed by atoms with Crippen LogP contribution < -0.4 is 20.7 Å². The average Bonchev–Trinajstić information content (AvgIpc) is 2.66. The van der Waals surface area contributed by atoms with E-state index in [4.69, 9.17) is 15.3 Å². The van der Waals surface area contributed by atoms with Gasteiger partial charge in [-0.3, -0.25) is 5.43 Å². The van der Waals surface area contributed by atoms with Crippen LogP contribution in [0.25, 0.3) is 0 Å². The summed E-state index contributed by atoms with van der Waals surface area (Å²) in [4.78, 5) is 10.9. The molecule has 1 aromatic rings. The highest BCUT2D eigenvalue weighted by atomic mass is 16.6. The lowest BCUT2D eigenvalue weighted by Gasteiger charge is -2.07. The number of hydrogen-bond donors (Lipinski definition) is 2. The number of carbonyl (C=O) groups is 1. The van der Waals surface area contributed by atoms with Gasteiger partial charge in [0, 0.05) is 12.0 Å². The van der Waals surface area contributed by atoms with E-state index in [0.29, 0.717) is 18.1 Å². The van der Waals surface area contributed by atoms with Gasteiger partial charge in [0.1, 0.15) is 0 Å². The first-order chi connectivity index (χ1) is 6.81. The number of fused-ring (bicyclic) bond motifs is 1. The van der Waals surface area contributed by atoms with E-state index in [0.717, 1.165) is 12.0 Å². The summed E-state index contributed by atoms with van der Waals surface area (Å²) in [6.45, 7) is 0.625. The zero-order valence-corrected chi connectivity index (χ0v) is 7.45. The maximum atomic E-state index is 10.9. The molecule has 0 radical (unpaired) electrons. The monoisotopic (exact) mass is 194 g/mol. The molecule has 0 aromatic heterocycles. The maximum absolute atomic E-state index is 10.9.